The SMILES string of the molecule is COCCCOc1cc2c(nc1Cl)-c1cc(=O)c(C(=O)O)cn1C(C(C)(C)C)C2. The van der Waals surface area contributed by atoms with Crippen molar-refractivity contribution in [2.45, 2.75) is 39.7 Å². The summed E-state index contributed by atoms with van der Waals surface area (Å²) in [7, 11) is 1.63. The molecule has 8 heteroatoms. The maximum absolute atomic E-state index is 12.4. The largest absolute Gasteiger partial charge is 0.490 e. The van der Waals surface area contributed by atoms with Gasteiger partial charge < -0.3 is 19.1 Å². The molecule has 29 heavy (non-hydrogen) atoms. The molecule has 0 amide bonds. The second-order valence-electron chi connectivity index (χ2n) is 8.21. The van der Waals surface area contributed by atoms with Crippen LogP contribution in [0.4, 0.5) is 0 Å². The molecule has 7 nitrogen and oxygen atoms in total. The Kier molecular flexibility index (Phi) is 6.00. The number of aromatic nitrogens is 2. The topological polar surface area (TPSA) is 90.7 Å². The first-order valence-electron chi connectivity index (χ1n) is 9.44. The first-order chi connectivity index (χ1) is 13.6. The monoisotopic (exact) mass is 420 g/mol. The van der Waals surface area contributed by atoms with E-state index in [1.54, 1.807) is 7.11 Å². The van der Waals surface area contributed by atoms with Crippen molar-refractivity contribution in [1.29, 1.82) is 0 Å². The number of pyridine rings is 2. The van der Waals surface area contributed by atoms with E-state index in [1.165, 1.54) is 12.3 Å². The summed E-state index contributed by atoms with van der Waals surface area (Å²) in [4.78, 5) is 28.3. The van der Waals surface area contributed by atoms with Crippen LogP contribution in [0.2, 0.25) is 5.15 Å². The summed E-state index contributed by atoms with van der Waals surface area (Å²) in [6.07, 6.45) is 2.76. The highest BCUT2D eigenvalue weighted by molar-refractivity contribution is 6.31. The van der Waals surface area contributed by atoms with Crippen molar-refractivity contribution in [3.8, 4) is 17.1 Å². The number of ether oxygens (including phenoxy) is 2. The van der Waals surface area contributed by atoms with Gasteiger partial charge in [0.1, 0.15) is 5.56 Å². The minimum atomic E-state index is -1.24. The van der Waals surface area contributed by atoms with Crippen LogP contribution in [0.25, 0.3) is 11.4 Å². The number of rotatable bonds is 6. The predicted molar refractivity (Wildman–Crippen MR) is 110 cm³/mol. The highest BCUT2D eigenvalue weighted by Crippen LogP contribution is 2.43. The van der Waals surface area contributed by atoms with Crippen LogP contribution in [-0.4, -0.2) is 41.0 Å². The van der Waals surface area contributed by atoms with Gasteiger partial charge in [-0.1, -0.05) is 32.4 Å². The number of aromatic carboxylic acids is 1. The number of nitrogens with zero attached hydrogens (tertiary/aromatic N) is 2. The van der Waals surface area contributed by atoms with Crippen LogP contribution >= 0.6 is 11.6 Å². The number of hydrogen-bond acceptors (Lipinski definition) is 5. The molecule has 0 spiro atoms. The summed E-state index contributed by atoms with van der Waals surface area (Å²) < 4.78 is 12.6. The lowest BCUT2D eigenvalue weighted by Gasteiger charge is -2.38. The molecule has 3 heterocycles. The molecule has 1 atom stereocenters. The number of fused-ring (bicyclic) bond motifs is 3. The molecule has 2 aromatic heterocycles. The van der Waals surface area contributed by atoms with E-state index in [0.29, 0.717) is 36.8 Å². The average molecular weight is 421 g/mol. The summed E-state index contributed by atoms with van der Waals surface area (Å²) in [6.45, 7) is 7.28. The van der Waals surface area contributed by atoms with E-state index < -0.39 is 11.4 Å². The van der Waals surface area contributed by atoms with Gasteiger partial charge in [-0.2, -0.15) is 0 Å². The Morgan fingerprint density at radius 2 is 2.07 bits per heavy atom. The van der Waals surface area contributed by atoms with Crippen LogP contribution in [0, 0.1) is 5.41 Å². The normalized spacial score (nSPS) is 15.6. The predicted octanol–water partition coefficient (Wildman–Crippen LogP) is 3.82. The standard InChI is InChI=1S/C21H25ClN2O5/c1-21(2,3)17-9-12-8-16(29-7-5-6-28-4)19(22)23-18(12)14-10-15(25)13(20(26)27)11-24(14)17/h8,10-11,17H,5-7,9H2,1-4H3,(H,26,27). The number of carbonyl (C=O) groups is 1. The zero-order valence-electron chi connectivity index (χ0n) is 17.0. The van der Waals surface area contributed by atoms with Crippen molar-refractivity contribution < 1.29 is 19.4 Å². The Hall–Kier alpha value is -2.38. The molecule has 0 aliphatic carbocycles. The first-order valence-corrected chi connectivity index (χ1v) is 9.82. The van der Waals surface area contributed by atoms with Crippen LogP contribution < -0.4 is 10.2 Å². The minimum Gasteiger partial charge on any atom is -0.490 e. The molecule has 0 saturated carbocycles. The molecule has 1 N–H and O–H groups in total. The van der Waals surface area contributed by atoms with E-state index in [1.807, 2.05) is 10.6 Å². The van der Waals surface area contributed by atoms with Crippen LogP contribution in [0.1, 0.15) is 49.2 Å². The van der Waals surface area contributed by atoms with Crippen LogP contribution in [0.3, 0.4) is 0 Å². The molecule has 156 valence electrons. The second-order valence-corrected chi connectivity index (χ2v) is 8.57. The number of hydrogen-bond donors (Lipinski definition) is 1. The quantitative estimate of drug-likeness (QED) is 0.564. The Labute approximate surface area is 174 Å². The molecule has 1 aliphatic heterocycles. The smallest absolute Gasteiger partial charge is 0.341 e. The summed E-state index contributed by atoms with van der Waals surface area (Å²) in [6, 6.07) is 3.14. The summed E-state index contributed by atoms with van der Waals surface area (Å²) >= 11 is 6.34. The van der Waals surface area contributed by atoms with Gasteiger partial charge in [-0.15, -0.1) is 0 Å². The van der Waals surface area contributed by atoms with Gasteiger partial charge in [0.2, 0.25) is 0 Å². The van der Waals surface area contributed by atoms with Gasteiger partial charge in [0.25, 0.3) is 0 Å². The molecule has 2 aromatic rings. The number of carboxylic acids is 1. The van der Waals surface area contributed by atoms with E-state index in [9.17, 15) is 14.7 Å². The van der Waals surface area contributed by atoms with Gasteiger partial charge in [0.15, 0.2) is 16.3 Å². The van der Waals surface area contributed by atoms with Crippen LogP contribution in [-0.2, 0) is 11.2 Å². The van der Waals surface area contributed by atoms with Gasteiger partial charge in [0.05, 0.1) is 18.0 Å². The van der Waals surface area contributed by atoms with Gasteiger partial charge in [-0.05, 0) is 23.5 Å². The van der Waals surface area contributed by atoms with E-state index in [0.717, 1.165) is 12.0 Å². The molecule has 1 aliphatic rings. The summed E-state index contributed by atoms with van der Waals surface area (Å²) in [5.74, 6) is -0.748. The third-order valence-corrected chi connectivity index (χ3v) is 5.35. The van der Waals surface area contributed by atoms with E-state index >= 15 is 0 Å². The van der Waals surface area contributed by atoms with Crippen LogP contribution in [0.5, 0.6) is 5.75 Å². The van der Waals surface area contributed by atoms with E-state index in [2.05, 4.69) is 25.8 Å². The molecular weight excluding hydrogens is 396 g/mol. The molecule has 0 fully saturated rings. The third-order valence-electron chi connectivity index (χ3n) is 5.07. The molecule has 0 saturated heterocycles. The highest BCUT2D eigenvalue weighted by atomic mass is 35.5. The van der Waals surface area contributed by atoms with Gasteiger partial charge in [-0.3, -0.25) is 4.79 Å². The number of methoxy groups -OCH3 is 1. The first kappa shape index (κ1) is 21.3. The fourth-order valence-electron chi connectivity index (χ4n) is 3.56. The van der Waals surface area contributed by atoms with E-state index in [4.69, 9.17) is 21.1 Å². The number of carboxylic acid groups (broad SMARTS) is 1. The summed E-state index contributed by atoms with van der Waals surface area (Å²) in [5.41, 5.74) is 1.06. The molecule has 0 aromatic carbocycles. The highest BCUT2D eigenvalue weighted by Gasteiger charge is 2.34. The average Bonchev–Trinajstić information content (AvgIpc) is 2.63. The molecule has 3 rings (SSSR count). The molecule has 0 bridgehead atoms. The second kappa shape index (κ2) is 8.16. The van der Waals surface area contributed by atoms with Crippen molar-refractivity contribution in [3.63, 3.8) is 0 Å². The zero-order valence-corrected chi connectivity index (χ0v) is 17.7. The Morgan fingerprint density at radius 1 is 1.34 bits per heavy atom. The molecule has 1 unspecified atom stereocenters. The Bertz CT molecular complexity index is 994. The van der Waals surface area contributed by atoms with Crippen molar-refractivity contribution in [2.24, 2.45) is 5.41 Å². The van der Waals surface area contributed by atoms with Crippen molar-refractivity contribution in [1.82, 2.24) is 9.55 Å². The van der Waals surface area contributed by atoms with Crippen molar-refractivity contribution in [2.75, 3.05) is 20.3 Å². The van der Waals surface area contributed by atoms with Crippen LogP contribution in [0.15, 0.2) is 23.1 Å². The fourth-order valence-corrected chi connectivity index (χ4v) is 3.76. The maximum atomic E-state index is 12.4. The van der Waals surface area contributed by atoms with Gasteiger partial charge in [0, 0.05) is 38.4 Å². The lowest BCUT2D eigenvalue weighted by molar-refractivity contribution is 0.0693. The van der Waals surface area contributed by atoms with E-state index in [-0.39, 0.29) is 22.2 Å². The minimum absolute atomic E-state index is 0.0620. The Balaban J connectivity index is 2.11. The Morgan fingerprint density at radius 3 is 2.69 bits per heavy atom. The number of halogens is 1. The fraction of sp³-hybridized carbons (Fsp3) is 0.476. The third kappa shape index (κ3) is 4.31. The summed E-state index contributed by atoms with van der Waals surface area (Å²) in [5, 5.41) is 9.58. The van der Waals surface area contributed by atoms with Crippen molar-refractivity contribution >= 4 is 17.6 Å². The molecule has 0 radical (unpaired) electrons. The van der Waals surface area contributed by atoms with Gasteiger partial charge in [-0.25, -0.2) is 9.78 Å². The zero-order chi connectivity index (χ0) is 21.3. The lowest BCUT2D eigenvalue weighted by Crippen LogP contribution is -2.33. The maximum Gasteiger partial charge on any atom is 0.341 e. The van der Waals surface area contributed by atoms with Gasteiger partial charge >= 0.3 is 5.97 Å². The lowest BCUT2D eigenvalue weighted by atomic mass is 9.80. The van der Waals surface area contributed by atoms with Crippen molar-refractivity contribution in [3.05, 3.63) is 44.8 Å². The molecular formula is C21H25ClN2O5.